The molecule has 1 atom stereocenters. The monoisotopic (exact) mass is 311 g/mol. The molecule has 0 aliphatic carbocycles. The molecule has 0 bridgehead atoms. The molecular weight excluding hydrogens is 270 g/mol. The van der Waals surface area contributed by atoms with E-state index in [0.717, 1.165) is 12.6 Å². The van der Waals surface area contributed by atoms with Crippen molar-refractivity contribution in [2.75, 3.05) is 19.7 Å². The highest BCUT2D eigenvalue weighted by Crippen LogP contribution is 2.21. The molecule has 0 radical (unpaired) electrons. The minimum absolute atomic E-state index is 0.544. The van der Waals surface area contributed by atoms with Crippen LogP contribution in [0.2, 0.25) is 0 Å². The van der Waals surface area contributed by atoms with E-state index in [0.29, 0.717) is 6.10 Å². The molecule has 2 nitrogen and oxygen atoms in total. The third-order valence-corrected chi connectivity index (χ3v) is 5.04. The van der Waals surface area contributed by atoms with Gasteiger partial charge in [0.2, 0.25) is 0 Å². The first-order valence-corrected chi connectivity index (χ1v) is 10.2. The van der Waals surface area contributed by atoms with E-state index in [4.69, 9.17) is 4.74 Å². The quantitative estimate of drug-likeness (QED) is 0.264. The Balaban J connectivity index is 2.26. The van der Waals surface area contributed by atoms with Gasteiger partial charge in [-0.1, -0.05) is 85.0 Å². The largest absolute Gasteiger partial charge is 0.372 e. The van der Waals surface area contributed by atoms with Crippen molar-refractivity contribution in [3.63, 3.8) is 0 Å². The third kappa shape index (κ3) is 9.84. The molecule has 1 saturated heterocycles. The lowest BCUT2D eigenvalue weighted by atomic mass is 9.99. The lowest BCUT2D eigenvalue weighted by Gasteiger charge is -2.30. The number of hydrogen-bond acceptors (Lipinski definition) is 2. The molecular formula is C20H41NO. The van der Waals surface area contributed by atoms with Gasteiger partial charge in [-0.25, -0.2) is 0 Å². The summed E-state index contributed by atoms with van der Waals surface area (Å²) in [4.78, 5) is 2.71. The number of ether oxygens (including phenoxy) is 1. The van der Waals surface area contributed by atoms with Gasteiger partial charge in [0, 0.05) is 12.6 Å². The first-order valence-electron chi connectivity index (χ1n) is 10.2. The molecule has 1 fully saturated rings. The summed E-state index contributed by atoms with van der Waals surface area (Å²) in [6.07, 6.45) is 17.4. The van der Waals surface area contributed by atoms with E-state index in [1.54, 1.807) is 0 Å². The molecule has 0 aromatic carbocycles. The van der Waals surface area contributed by atoms with Crippen molar-refractivity contribution in [2.45, 2.75) is 110 Å². The van der Waals surface area contributed by atoms with E-state index in [9.17, 15) is 0 Å². The second kappa shape index (κ2) is 13.4. The standard InChI is InChI=1S/C20H41NO/c1-4-7-9-11-13-15-19(16-14-12-10-8-5-2)21(6-3)17-20-18-22-20/h19-20H,4-18H2,1-3H3. The average Bonchev–Trinajstić information content (AvgIpc) is 3.34. The van der Waals surface area contributed by atoms with Crippen molar-refractivity contribution in [3.8, 4) is 0 Å². The molecule has 1 heterocycles. The van der Waals surface area contributed by atoms with Gasteiger partial charge < -0.3 is 4.74 Å². The number of likely N-dealkylation sites (N-methyl/N-ethyl adjacent to an activating group) is 1. The Hall–Kier alpha value is -0.0800. The third-order valence-electron chi connectivity index (χ3n) is 5.04. The first-order chi connectivity index (χ1) is 10.8. The van der Waals surface area contributed by atoms with Crippen molar-refractivity contribution >= 4 is 0 Å². The Morgan fingerprint density at radius 1 is 0.818 bits per heavy atom. The smallest absolute Gasteiger partial charge is 0.0936 e. The van der Waals surface area contributed by atoms with Crippen LogP contribution in [0.15, 0.2) is 0 Å². The zero-order valence-corrected chi connectivity index (χ0v) is 15.6. The topological polar surface area (TPSA) is 15.8 Å². The van der Waals surface area contributed by atoms with Crippen molar-refractivity contribution < 1.29 is 4.74 Å². The molecule has 2 heteroatoms. The minimum atomic E-state index is 0.544. The lowest BCUT2D eigenvalue weighted by molar-refractivity contribution is 0.163. The zero-order valence-electron chi connectivity index (χ0n) is 15.6. The van der Waals surface area contributed by atoms with Crippen molar-refractivity contribution in [1.29, 1.82) is 0 Å². The maximum Gasteiger partial charge on any atom is 0.0936 e. The zero-order chi connectivity index (χ0) is 16.0. The average molecular weight is 312 g/mol. The van der Waals surface area contributed by atoms with E-state index in [-0.39, 0.29) is 0 Å². The Morgan fingerprint density at radius 3 is 1.73 bits per heavy atom. The molecule has 0 N–H and O–H groups in total. The summed E-state index contributed by atoms with van der Waals surface area (Å²) >= 11 is 0. The van der Waals surface area contributed by atoms with Crippen LogP contribution in [0.25, 0.3) is 0 Å². The van der Waals surface area contributed by atoms with Gasteiger partial charge in [-0.15, -0.1) is 0 Å². The summed E-state index contributed by atoms with van der Waals surface area (Å²) < 4.78 is 5.46. The van der Waals surface area contributed by atoms with Crippen molar-refractivity contribution in [2.24, 2.45) is 0 Å². The molecule has 0 aromatic heterocycles. The van der Waals surface area contributed by atoms with Gasteiger partial charge in [-0.3, -0.25) is 4.90 Å². The van der Waals surface area contributed by atoms with E-state index in [2.05, 4.69) is 25.7 Å². The van der Waals surface area contributed by atoms with Gasteiger partial charge in [-0.2, -0.15) is 0 Å². The molecule has 0 spiro atoms. The summed E-state index contributed by atoms with van der Waals surface area (Å²) in [5, 5.41) is 0. The van der Waals surface area contributed by atoms with Crippen LogP contribution in [0.1, 0.15) is 97.8 Å². The fraction of sp³-hybridized carbons (Fsp3) is 1.00. The van der Waals surface area contributed by atoms with E-state index >= 15 is 0 Å². The van der Waals surface area contributed by atoms with Gasteiger partial charge in [0.25, 0.3) is 0 Å². The summed E-state index contributed by atoms with van der Waals surface area (Å²) in [5.74, 6) is 0. The van der Waals surface area contributed by atoms with Crippen LogP contribution in [0.3, 0.4) is 0 Å². The molecule has 0 amide bonds. The maximum atomic E-state index is 5.46. The Labute approximate surface area is 140 Å². The normalized spacial score (nSPS) is 17.6. The van der Waals surface area contributed by atoms with Gasteiger partial charge in [0.05, 0.1) is 12.7 Å². The van der Waals surface area contributed by atoms with Crippen LogP contribution >= 0.6 is 0 Å². The van der Waals surface area contributed by atoms with Gasteiger partial charge in [0.15, 0.2) is 0 Å². The van der Waals surface area contributed by atoms with Gasteiger partial charge >= 0.3 is 0 Å². The van der Waals surface area contributed by atoms with Crippen LogP contribution < -0.4 is 0 Å². The fourth-order valence-electron chi connectivity index (χ4n) is 3.45. The number of hydrogen-bond donors (Lipinski definition) is 0. The molecule has 1 aliphatic rings. The molecule has 1 aliphatic heterocycles. The molecule has 132 valence electrons. The summed E-state index contributed by atoms with van der Waals surface area (Å²) in [7, 11) is 0. The van der Waals surface area contributed by atoms with Crippen LogP contribution in [-0.4, -0.2) is 36.7 Å². The molecule has 22 heavy (non-hydrogen) atoms. The summed E-state index contributed by atoms with van der Waals surface area (Å²) in [5.41, 5.74) is 0. The van der Waals surface area contributed by atoms with Crippen LogP contribution in [0, 0.1) is 0 Å². The Bertz CT molecular complexity index is 226. The molecule has 1 unspecified atom stereocenters. The summed E-state index contributed by atoms with van der Waals surface area (Å²) in [6.45, 7) is 10.3. The number of unbranched alkanes of at least 4 members (excludes halogenated alkanes) is 8. The highest BCUT2D eigenvalue weighted by molar-refractivity contribution is 4.79. The molecule has 0 saturated carbocycles. The van der Waals surface area contributed by atoms with E-state index < -0.39 is 0 Å². The second-order valence-electron chi connectivity index (χ2n) is 7.10. The molecule has 0 aromatic rings. The lowest BCUT2D eigenvalue weighted by Crippen LogP contribution is -2.38. The fourth-order valence-corrected chi connectivity index (χ4v) is 3.45. The van der Waals surface area contributed by atoms with Gasteiger partial charge in [-0.05, 0) is 19.4 Å². The van der Waals surface area contributed by atoms with Crippen LogP contribution in [-0.2, 0) is 4.74 Å². The summed E-state index contributed by atoms with van der Waals surface area (Å²) in [6, 6.07) is 0.803. The molecule has 1 rings (SSSR count). The second-order valence-corrected chi connectivity index (χ2v) is 7.10. The van der Waals surface area contributed by atoms with E-state index in [1.807, 2.05) is 0 Å². The highest BCUT2D eigenvalue weighted by Gasteiger charge is 2.27. The maximum absolute atomic E-state index is 5.46. The Kier molecular flexibility index (Phi) is 12.1. The first kappa shape index (κ1) is 20.0. The number of epoxide rings is 1. The SMILES string of the molecule is CCCCCCCC(CCCCCCC)N(CC)CC1CO1. The number of rotatable bonds is 16. The van der Waals surface area contributed by atoms with Crippen LogP contribution in [0.5, 0.6) is 0 Å². The number of nitrogens with zero attached hydrogens (tertiary/aromatic N) is 1. The predicted molar refractivity (Wildman–Crippen MR) is 97.5 cm³/mol. The van der Waals surface area contributed by atoms with Crippen molar-refractivity contribution in [3.05, 3.63) is 0 Å². The minimum Gasteiger partial charge on any atom is -0.372 e. The highest BCUT2D eigenvalue weighted by atomic mass is 16.6. The van der Waals surface area contributed by atoms with Crippen LogP contribution in [0.4, 0.5) is 0 Å². The van der Waals surface area contributed by atoms with E-state index in [1.165, 1.54) is 90.1 Å². The van der Waals surface area contributed by atoms with Crippen molar-refractivity contribution in [1.82, 2.24) is 4.90 Å². The van der Waals surface area contributed by atoms with Gasteiger partial charge in [0.1, 0.15) is 0 Å². The Morgan fingerprint density at radius 2 is 1.32 bits per heavy atom. The predicted octanol–water partition coefficient (Wildman–Crippen LogP) is 5.80.